The molecule has 5 nitrogen and oxygen atoms in total. The maximum absolute atomic E-state index is 14.5. The third kappa shape index (κ3) is 4.41. The maximum atomic E-state index is 14.5. The van der Waals surface area contributed by atoms with Crippen molar-refractivity contribution in [3.05, 3.63) is 101 Å². The molecule has 34 heavy (non-hydrogen) atoms. The summed E-state index contributed by atoms with van der Waals surface area (Å²) < 4.78 is 16.1. The van der Waals surface area contributed by atoms with Gasteiger partial charge in [0, 0.05) is 42.5 Å². The standard InChI is InChI=1S/C27H24ClFN4O/c1-19-6-4-9-22(16-19)33-26(18-25(30-33)23-10-2-3-11-24(23)29)27(34)32-14-12-31(13-15-32)21-8-5-7-20(28)17-21/h2-11,16-18H,12-15H2,1H3. The van der Waals surface area contributed by atoms with E-state index in [1.54, 1.807) is 28.9 Å². The quantitative estimate of drug-likeness (QED) is 0.386. The molecule has 3 aromatic carbocycles. The molecule has 0 spiro atoms. The van der Waals surface area contributed by atoms with E-state index < -0.39 is 0 Å². The van der Waals surface area contributed by atoms with Crippen molar-refractivity contribution in [2.45, 2.75) is 6.92 Å². The van der Waals surface area contributed by atoms with Crippen LogP contribution in [0.2, 0.25) is 5.02 Å². The van der Waals surface area contributed by atoms with Gasteiger partial charge in [0.15, 0.2) is 0 Å². The van der Waals surface area contributed by atoms with Crippen LogP contribution in [0, 0.1) is 12.7 Å². The van der Waals surface area contributed by atoms with Crippen LogP contribution in [0.5, 0.6) is 0 Å². The first-order chi connectivity index (χ1) is 16.5. The second-order valence-electron chi connectivity index (χ2n) is 8.40. The molecule has 2 heterocycles. The number of piperazine rings is 1. The average molecular weight is 475 g/mol. The topological polar surface area (TPSA) is 41.4 Å². The Labute approximate surface area is 203 Å². The van der Waals surface area contributed by atoms with Crippen molar-refractivity contribution >= 4 is 23.2 Å². The first-order valence-electron chi connectivity index (χ1n) is 11.2. The Kier molecular flexibility index (Phi) is 6.07. The monoisotopic (exact) mass is 474 g/mol. The molecule has 1 saturated heterocycles. The summed E-state index contributed by atoms with van der Waals surface area (Å²) in [6.45, 7) is 4.52. The molecule has 7 heteroatoms. The fourth-order valence-electron chi connectivity index (χ4n) is 4.29. The second-order valence-corrected chi connectivity index (χ2v) is 8.84. The van der Waals surface area contributed by atoms with Gasteiger partial charge in [0.1, 0.15) is 11.5 Å². The van der Waals surface area contributed by atoms with E-state index in [2.05, 4.69) is 10.00 Å². The van der Waals surface area contributed by atoms with E-state index in [9.17, 15) is 9.18 Å². The van der Waals surface area contributed by atoms with Crippen molar-refractivity contribution in [2.24, 2.45) is 0 Å². The molecular weight excluding hydrogens is 451 g/mol. The highest BCUT2D eigenvalue weighted by Crippen LogP contribution is 2.26. The number of hydrogen-bond donors (Lipinski definition) is 0. The summed E-state index contributed by atoms with van der Waals surface area (Å²) in [4.78, 5) is 17.7. The molecular formula is C27H24ClFN4O. The molecule has 4 aromatic rings. The van der Waals surface area contributed by atoms with Crippen LogP contribution in [0.15, 0.2) is 78.9 Å². The molecule has 5 rings (SSSR count). The van der Waals surface area contributed by atoms with Crippen molar-refractivity contribution < 1.29 is 9.18 Å². The fraction of sp³-hybridized carbons (Fsp3) is 0.185. The number of rotatable bonds is 4. The van der Waals surface area contributed by atoms with Gasteiger partial charge in [-0.05, 0) is 61.0 Å². The van der Waals surface area contributed by atoms with Crippen molar-refractivity contribution in [3.8, 4) is 16.9 Å². The number of carbonyl (C=O) groups excluding carboxylic acids is 1. The summed E-state index contributed by atoms with van der Waals surface area (Å²) in [5, 5.41) is 5.34. The summed E-state index contributed by atoms with van der Waals surface area (Å²) >= 11 is 6.15. The molecule has 1 aliphatic rings. The van der Waals surface area contributed by atoms with Crippen molar-refractivity contribution in [1.82, 2.24) is 14.7 Å². The van der Waals surface area contributed by atoms with E-state index in [4.69, 9.17) is 11.6 Å². The van der Waals surface area contributed by atoms with E-state index in [1.807, 2.05) is 60.4 Å². The summed E-state index contributed by atoms with van der Waals surface area (Å²) in [6.07, 6.45) is 0. The minimum Gasteiger partial charge on any atom is -0.368 e. The van der Waals surface area contributed by atoms with Crippen LogP contribution in [0.25, 0.3) is 16.9 Å². The third-order valence-corrected chi connectivity index (χ3v) is 6.30. The minimum atomic E-state index is -0.370. The molecule has 0 radical (unpaired) electrons. The zero-order valence-corrected chi connectivity index (χ0v) is 19.5. The first-order valence-corrected chi connectivity index (χ1v) is 11.6. The van der Waals surface area contributed by atoms with Gasteiger partial charge < -0.3 is 9.80 Å². The van der Waals surface area contributed by atoms with E-state index >= 15 is 0 Å². The number of amides is 1. The van der Waals surface area contributed by atoms with Crippen LogP contribution in [-0.2, 0) is 0 Å². The van der Waals surface area contributed by atoms with Gasteiger partial charge in [0.05, 0.1) is 11.4 Å². The molecule has 1 amide bonds. The highest BCUT2D eigenvalue weighted by molar-refractivity contribution is 6.30. The molecule has 0 unspecified atom stereocenters. The lowest BCUT2D eigenvalue weighted by atomic mass is 10.1. The Bertz CT molecular complexity index is 1340. The number of nitrogens with zero attached hydrogens (tertiary/aromatic N) is 4. The molecule has 0 atom stereocenters. The fourth-order valence-corrected chi connectivity index (χ4v) is 4.48. The largest absolute Gasteiger partial charge is 0.368 e. The van der Waals surface area contributed by atoms with Crippen LogP contribution in [0.4, 0.5) is 10.1 Å². The molecule has 0 aliphatic carbocycles. The first kappa shape index (κ1) is 22.2. The van der Waals surface area contributed by atoms with E-state index in [0.29, 0.717) is 48.2 Å². The second kappa shape index (κ2) is 9.31. The van der Waals surface area contributed by atoms with Crippen LogP contribution in [0.3, 0.4) is 0 Å². The number of carbonyl (C=O) groups is 1. The van der Waals surface area contributed by atoms with E-state index in [0.717, 1.165) is 16.9 Å². The Hall–Kier alpha value is -3.64. The van der Waals surface area contributed by atoms with E-state index in [1.165, 1.54) is 6.07 Å². The lowest BCUT2D eigenvalue weighted by Gasteiger charge is -2.36. The van der Waals surface area contributed by atoms with Crippen molar-refractivity contribution in [3.63, 3.8) is 0 Å². The zero-order chi connectivity index (χ0) is 23.7. The van der Waals surface area contributed by atoms with Gasteiger partial charge >= 0.3 is 0 Å². The lowest BCUT2D eigenvalue weighted by Crippen LogP contribution is -2.49. The summed E-state index contributed by atoms with van der Waals surface area (Å²) in [5.41, 5.74) is 4.08. The molecule has 1 fully saturated rings. The van der Waals surface area contributed by atoms with Crippen molar-refractivity contribution in [2.75, 3.05) is 31.1 Å². The number of hydrogen-bond acceptors (Lipinski definition) is 3. The summed E-state index contributed by atoms with van der Waals surface area (Å²) in [5.74, 6) is -0.493. The Morgan fingerprint density at radius 3 is 2.35 bits per heavy atom. The third-order valence-electron chi connectivity index (χ3n) is 6.06. The molecule has 1 aliphatic heterocycles. The van der Waals surface area contributed by atoms with Gasteiger partial charge in [-0.2, -0.15) is 5.10 Å². The van der Waals surface area contributed by atoms with Gasteiger partial charge in [-0.25, -0.2) is 9.07 Å². The number of halogens is 2. The predicted octanol–water partition coefficient (Wildman–Crippen LogP) is 5.60. The summed E-state index contributed by atoms with van der Waals surface area (Å²) in [7, 11) is 0. The van der Waals surface area contributed by atoms with Gasteiger partial charge in [-0.3, -0.25) is 4.79 Å². The highest BCUT2D eigenvalue weighted by atomic mass is 35.5. The molecule has 0 N–H and O–H groups in total. The van der Waals surface area contributed by atoms with Crippen LogP contribution in [-0.4, -0.2) is 46.8 Å². The van der Waals surface area contributed by atoms with Crippen LogP contribution in [0.1, 0.15) is 16.1 Å². The lowest BCUT2D eigenvalue weighted by molar-refractivity contribution is 0.0737. The molecule has 172 valence electrons. The van der Waals surface area contributed by atoms with E-state index in [-0.39, 0.29) is 11.7 Å². The number of anilines is 1. The molecule has 0 saturated carbocycles. The molecule has 1 aromatic heterocycles. The average Bonchev–Trinajstić information content (AvgIpc) is 3.29. The minimum absolute atomic E-state index is 0.123. The summed E-state index contributed by atoms with van der Waals surface area (Å²) in [6, 6.07) is 23.7. The number of benzene rings is 3. The Morgan fingerprint density at radius 2 is 1.62 bits per heavy atom. The molecule has 0 bridgehead atoms. The van der Waals surface area contributed by atoms with Crippen LogP contribution >= 0.6 is 11.6 Å². The Morgan fingerprint density at radius 1 is 0.882 bits per heavy atom. The van der Waals surface area contributed by atoms with Crippen LogP contribution < -0.4 is 4.90 Å². The van der Waals surface area contributed by atoms with Gasteiger partial charge in [0.2, 0.25) is 0 Å². The maximum Gasteiger partial charge on any atom is 0.272 e. The number of aryl methyl sites for hydroxylation is 1. The normalized spacial score (nSPS) is 13.9. The smallest absolute Gasteiger partial charge is 0.272 e. The number of aromatic nitrogens is 2. The Balaban J connectivity index is 1.45. The van der Waals surface area contributed by atoms with Gasteiger partial charge in [0.25, 0.3) is 5.91 Å². The van der Waals surface area contributed by atoms with Crippen molar-refractivity contribution in [1.29, 1.82) is 0 Å². The van der Waals surface area contributed by atoms with Gasteiger partial charge in [-0.15, -0.1) is 0 Å². The SMILES string of the molecule is Cc1cccc(-n2nc(-c3ccccc3F)cc2C(=O)N2CCN(c3cccc(Cl)c3)CC2)c1. The van der Waals surface area contributed by atoms with Gasteiger partial charge in [-0.1, -0.05) is 41.9 Å². The highest BCUT2D eigenvalue weighted by Gasteiger charge is 2.27. The zero-order valence-electron chi connectivity index (χ0n) is 18.8. The predicted molar refractivity (Wildman–Crippen MR) is 133 cm³/mol.